The van der Waals surface area contributed by atoms with E-state index in [-0.39, 0.29) is 18.3 Å². The van der Waals surface area contributed by atoms with Crippen molar-refractivity contribution in [2.45, 2.75) is 19.6 Å². The predicted octanol–water partition coefficient (Wildman–Crippen LogP) is 3.04. The Balaban J connectivity index is 2.02. The highest BCUT2D eigenvalue weighted by Gasteiger charge is 2.34. The van der Waals surface area contributed by atoms with E-state index >= 15 is 0 Å². The van der Waals surface area contributed by atoms with Crippen LogP contribution in [0.3, 0.4) is 0 Å². The van der Waals surface area contributed by atoms with E-state index in [2.05, 4.69) is 4.90 Å². The van der Waals surface area contributed by atoms with E-state index in [0.29, 0.717) is 42.5 Å². The SMILES string of the molecule is CSC1=C(C(=O)O)C(C)=CC(N2CCOCC2)N1Cc1cc(F)cc(F)c1. The molecule has 2 aliphatic heterocycles. The Morgan fingerprint density at radius 1 is 1.26 bits per heavy atom. The minimum Gasteiger partial charge on any atom is -0.478 e. The molecule has 5 nitrogen and oxygen atoms in total. The zero-order valence-corrected chi connectivity index (χ0v) is 16.1. The molecule has 1 fully saturated rings. The number of hydrogen-bond acceptors (Lipinski definition) is 5. The van der Waals surface area contributed by atoms with Gasteiger partial charge in [0.05, 0.1) is 23.8 Å². The average Bonchev–Trinajstić information content (AvgIpc) is 2.62. The molecule has 1 aromatic rings. The van der Waals surface area contributed by atoms with Gasteiger partial charge in [0, 0.05) is 25.7 Å². The quantitative estimate of drug-likeness (QED) is 0.826. The highest BCUT2D eigenvalue weighted by atomic mass is 32.2. The lowest BCUT2D eigenvalue weighted by atomic mass is 10.0. The highest BCUT2D eigenvalue weighted by molar-refractivity contribution is 8.02. The number of morpholine rings is 1. The van der Waals surface area contributed by atoms with Crippen LogP contribution in [-0.4, -0.2) is 59.6 Å². The number of ether oxygens (including phenoxy) is 1. The summed E-state index contributed by atoms with van der Waals surface area (Å²) in [7, 11) is 0. The summed E-state index contributed by atoms with van der Waals surface area (Å²) in [6, 6.07) is 3.39. The second-order valence-corrected chi connectivity index (χ2v) is 7.30. The van der Waals surface area contributed by atoms with E-state index in [1.807, 2.05) is 17.2 Å². The first-order valence-electron chi connectivity index (χ1n) is 8.64. The number of carboxylic acid groups (broad SMARTS) is 1. The minimum atomic E-state index is -1.01. The topological polar surface area (TPSA) is 53.0 Å². The van der Waals surface area contributed by atoms with Crippen LogP contribution in [0, 0.1) is 11.6 Å². The maximum absolute atomic E-state index is 13.7. The maximum atomic E-state index is 13.7. The van der Waals surface area contributed by atoms with Crippen molar-refractivity contribution in [2.75, 3.05) is 32.6 Å². The van der Waals surface area contributed by atoms with E-state index in [0.717, 1.165) is 6.07 Å². The van der Waals surface area contributed by atoms with Gasteiger partial charge in [0.2, 0.25) is 0 Å². The molecule has 3 rings (SSSR count). The van der Waals surface area contributed by atoms with Gasteiger partial charge in [0.15, 0.2) is 0 Å². The third-order valence-electron chi connectivity index (χ3n) is 4.69. The normalized spacial score (nSPS) is 21.4. The molecule has 0 bridgehead atoms. The number of rotatable bonds is 5. The molecular formula is C19H22F2N2O3S. The van der Waals surface area contributed by atoms with Gasteiger partial charge in [-0.05, 0) is 42.5 Å². The van der Waals surface area contributed by atoms with Crippen molar-refractivity contribution in [3.63, 3.8) is 0 Å². The summed E-state index contributed by atoms with van der Waals surface area (Å²) in [6.07, 6.45) is 3.52. The smallest absolute Gasteiger partial charge is 0.338 e. The van der Waals surface area contributed by atoms with Crippen LogP contribution < -0.4 is 0 Å². The number of carboxylic acids is 1. The van der Waals surface area contributed by atoms with Crippen LogP contribution >= 0.6 is 11.8 Å². The van der Waals surface area contributed by atoms with Crippen LogP contribution in [0.2, 0.25) is 0 Å². The molecule has 146 valence electrons. The van der Waals surface area contributed by atoms with Gasteiger partial charge in [-0.25, -0.2) is 13.6 Å². The van der Waals surface area contributed by atoms with Crippen LogP contribution in [0.15, 0.2) is 40.5 Å². The molecule has 27 heavy (non-hydrogen) atoms. The zero-order chi connectivity index (χ0) is 19.6. The number of benzene rings is 1. The van der Waals surface area contributed by atoms with E-state index < -0.39 is 17.6 Å². The van der Waals surface area contributed by atoms with Gasteiger partial charge in [-0.3, -0.25) is 4.90 Å². The van der Waals surface area contributed by atoms with Gasteiger partial charge in [0.1, 0.15) is 17.8 Å². The first kappa shape index (κ1) is 19.9. The van der Waals surface area contributed by atoms with Crippen molar-refractivity contribution in [2.24, 2.45) is 0 Å². The first-order chi connectivity index (χ1) is 12.9. The van der Waals surface area contributed by atoms with Crippen LogP contribution in [0.1, 0.15) is 12.5 Å². The number of carbonyl (C=O) groups is 1. The fraction of sp³-hybridized carbons (Fsp3) is 0.421. The Morgan fingerprint density at radius 2 is 1.89 bits per heavy atom. The molecule has 1 atom stereocenters. The van der Waals surface area contributed by atoms with E-state index in [1.54, 1.807) is 6.92 Å². The van der Waals surface area contributed by atoms with Gasteiger partial charge in [-0.1, -0.05) is 0 Å². The number of nitrogens with zero attached hydrogens (tertiary/aromatic N) is 2. The lowest BCUT2D eigenvalue weighted by molar-refractivity contribution is -0.132. The van der Waals surface area contributed by atoms with Crippen molar-refractivity contribution >= 4 is 17.7 Å². The third-order valence-corrected chi connectivity index (χ3v) is 5.52. The molecule has 2 aliphatic rings. The Labute approximate surface area is 161 Å². The lowest BCUT2D eigenvalue weighted by Gasteiger charge is -2.44. The summed E-state index contributed by atoms with van der Waals surface area (Å²) in [5.41, 5.74) is 1.36. The molecule has 2 heterocycles. The molecule has 1 saturated heterocycles. The molecule has 0 saturated carbocycles. The lowest BCUT2D eigenvalue weighted by Crippen LogP contribution is -2.52. The largest absolute Gasteiger partial charge is 0.478 e. The van der Waals surface area contributed by atoms with Crippen molar-refractivity contribution in [3.05, 3.63) is 57.6 Å². The third kappa shape index (κ3) is 4.34. The van der Waals surface area contributed by atoms with Crippen molar-refractivity contribution in [3.8, 4) is 0 Å². The van der Waals surface area contributed by atoms with Crippen molar-refractivity contribution in [1.82, 2.24) is 9.80 Å². The molecule has 8 heteroatoms. The van der Waals surface area contributed by atoms with Crippen LogP contribution in [0.5, 0.6) is 0 Å². The van der Waals surface area contributed by atoms with Gasteiger partial charge >= 0.3 is 5.97 Å². The monoisotopic (exact) mass is 396 g/mol. The van der Waals surface area contributed by atoms with Crippen molar-refractivity contribution in [1.29, 1.82) is 0 Å². The number of aliphatic carboxylic acids is 1. The number of hydrogen-bond donors (Lipinski definition) is 1. The van der Waals surface area contributed by atoms with Crippen LogP contribution in [-0.2, 0) is 16.1 Å². The number of thioether (sulfide) groups is 1. The van der Waals surface area contributed by atoms with E-state index in [1.165, 1.54) is 23.9 Å². The molecule has 0 spiro atoms. The molecule has 0 aliphatic carbocycles. The predicted molar refractivity (Wildman–Crippen MR) is 100 cm³/mol. The number of halogens is 2. The molecular weight excluding hydrogens is 374 g/mol. The maximum Gasteiger partial charge on any atom is 0.338 e. The molecule has 0 amide bonds. The highest BCUT2D eigenvalue weighted by Crippen LogP contribution is 2.36. The van der Waals surface area contributed by atoms with Gasteiger partial charge in [-0.15, -0.1) is 11.8 Å². The Hall–Kier alpha value is -1.90. The standard InChI is InChI=1S/C19H22F2N2O3S/c1-12-7-16(22-3-5-26-6-4-22)23(18(27-2)17(12)19(24)25)11-13-8-14(20)10-15(21)9-13/h7-10,16H,3-6,11H2,1-2H3,(H,24,25). The first-order valence-corrected chi connectivity index (χ1v) is 9.87. The summed E-state index contributed by atoms with van der Waals surface area (Å²) in [6.45, 7) is 4.57. The molecule has 1 unspecified atom stereocenters. The summed E-state index contributed by atoms with van der Waals surface area (Å²) in [4.78, 5) is 15.9. The fourth-order valence-electron chi connectivity index (χ4n) is 3.52. The van der Waals surface area contributed by atoms with Crippen LogP contribution in [0.25, 0.3) is 0 Å². The Bertz CT molecular complexity index is 771. The summed E-state index contributed by atoms with van der Waals surface area (Å²) < 4.78 is 32.8. The Morgan fingerprint density at radius 3 is 2.44 bits per heavy atom. The fourth-order valence-corrected chi connectivity index (χ4v) is 4.38. The van der Waals surface area contributed by atoms with Crippen LogP contribution in [0.4, 0.5) is 8.78 Å². The molecule has 0 radical (unpaired) electrons. The van der Waals surface area contributed by atoms with Gasteiger partial charge < -0.3 is 14.7 Å². The van der Waals surface area contributed by atoms with Gasteiger partial charge in [-0.2, -0.15) is 0 Å². The second kappa shape index (κ2) is 8.41. The molecule has 0 aromatic heterocycles. The molecule has 1 aromatic carbocycles. The summed E-state index contributed by atoms with van der Waals surface area (Å²) in [5.74, 6) is -2.31. The van der Waals surface area contributed by atoms with Gasteiger partial charge in [0.25, 0.3) is 0 Å². The molecule has 1 N–H and O–H groups in total. The van der Waals surface area contributed by atoms with E-state index in [4.69, 9.17) is 4.74 Å². The van der Waals surface area contributed by atoms with Crippen molar-refractivity contribution < 1.29 is 23.4 Å². The zero-order valence-electron chi connectivity index (χ0n) is 15.2. The Kier molecular flexibility index (Phi) is 6.18. The van der Waals surface area contributed by atoms with E-state index in [9.17, 15) is 18.7 Å². The second-order valence-electron chi connectivity index (χ2n) is 6.51. The average molecular weight is 396 g/mol. The summed E-state index contributed by atoms with van der Waals surface area (Å²) in [5, 5.41) is 10.3. The minimum absolute atomic E-state index is 0.202. The summed E-state index contributed by atoms with van der Waals surface area (Å²) >= 11 is 1.33.